The summed E-state index contributed by atoms with van der Waals surface area (Å²) in [6, 6.07) is 0. The van der Waals surface area contributed by atoms with E-state index in [4.69, 9.17) is 0 Å². The number of halogens is 22. The Kier molecular flexibility index (Phi) is 5.53. The largest absolute Gasteiger partial charge is 0.384 e. The smallest absolute Gasteiger partial charge is 0.218 e. The van der Waals surface area contributed by atoms with Crippen LogP contribution in [0.15, 0.2) is 0 Å². The Labute approximate surface area is 179 Å². The van der Waals surface area contributed by atoms with Crippen molar-refractivity contribution in [2.24, 2.45) is 0 Å². The van der Waals surface area contributed by atoms with E-state index in [9.17, 15) is 96.6 Å². The van der Waals surface area contributed by atoms with Crippen molar-refractivity contribution < 1.29 is 96.6 Å². The Hall–Kier alpha value is -1.19. The van der Waals surface area contributed by atoms with E-state index in [2.05, 4.69) is 0 Å². The van der Waals surface area contributed by atoms with Crippen molar-refractivity contribution in [2.45, 2.75) is 69.2 Å². The molecule has 208 valence electrons. The first-order chi connectivity index (χ1) is 14.7. The minimum atomic E-state index is -8.45. The van der Waals surface area contributed by atoms with Gasteiger partial charge in [-0.05, 0) is 0 Å². The molecule has 0 aromatic carbocycles. The molecule has 2 saturated carbocycles. The lowest BCUT2D eigenvalue weighted by Gasteiger charge is -2.56. The molecule has 2 aliphatic rings. The SMILES string of the molecule is FC1(F)C(F)(F)C(F)(F)C(F)(SC2(F)C(F)(F)C(F)(F)C(F)(F)C(F)(F)C2(F)F)C(F)(F)C1(F)F. The van der Waals surface area contributed by atoms with Gasteiger partial charge < -0.3 is 0 Å². The summed E-state index contributed by atoms with van der Waals surface area (Å²) >= 11 is -4.54. The first-order valence-corrected chi connectivity index (χ1v) is 8.38. The summed E-state index contributed by atoms with van der Waals surface area (Å²) in [5.41, 5.74) is 0. The summed E-state index contributed by atoms with van der Waals surface area (Å²) in [6.45, 7) is 0. The fourth-order valence-electron chi connectivity index (χ4n) is 2.84. The van der Waals surface area contributed by atoms with E-state index >= 15 is 0 Å². The normalized spacial score (nSPS) is 35.1. The fourth-order valence-corrected chi connectivity index (χ4v) is 4.25. The number of rotatable bonds is 2. The van der Waals surface area contributed by atoms with Gasteiger partial charge >= 0.3 is 59.2 Å². The highest BCUT2D eigenvalue weighted by Gasteiger charge is 3.06. The second-order valence-electron chi connectivity index (χ2n) is 7.04. The number of hydrogen-bond donors (Lipinski definition) is 0. The molecule has 0 unspecified atom stereocenters. The molecule has 0 radical (unpaired) electrons. The lowest BCUT2D eigenvalue weighted by molar-refractivity contribution is -0.476. The van der Waals surface area contributed by atoms with Crippen molar-refractivity contribution in [3.63, 3.8) is 0 Å². The highest BCUT2D eigenvalue weighted by Crippen LogP contribution is 2.79. The lowest BCUT2D eigenvalue weighted by atomic mass is 9.80. The zero-order valence-electron chi connectivity index (χ0n) is 14.7. The summed E-state index contributed by atoms with van der Waals surface area (Å²) < 4.78 is 297. The molecule has 0 bridgehead atoms. The fraction of sp³-hybridized carbons (Fsp3) is 1.00. The molecule has 23 heteroatoms. The maximum absolute atomic E-state index is 14.5. The molecule has 2 rings (SSSR count). The highest BCUT2D eigenvalue weighted by molar-refractivity contribution is 8.02. The van der Waals surface area contributed by atoms with Gasteiger partial charge in [0.05, 0.1) is 0 Å². The van der Waals surface area contributed by atoms with Crippen molar-refractivity contribution in [2.75, 3.05) is 0 Å². The number of alkyl halides is 22. The molecule has 0 spiro atoms. The van der Waals surface area contributed by atoms with Crippen LogP contribution in [-0.4, -0.2) is 69.2 Å². The molecule has 0 amide bonds. The summed E-state index contributed by atoms with van der Waals surface area (Å²) in [6.07, 6.45) is 0. The molecule has 35 heavy (non-hydrogen) atoms. The van der Waals surface area contributed by atoms with Gasteiger partial charge in [0, 0.05) is 0 Å². The third-order valence-electron chi connectivity index (χ3n) is 5.05. The van der Waals surface area contributed by atoms with Crippen LogP contribution in [0.5, 0.6) is 0 Å². The second-order valence-corrected chi connectivity index (χ2v) is 8.37. The third kappa shape index (κ3) is 2.45. The summed E-state index contributed by atoms with van der Waals surface area (Å²) in [7, 11) is 0. The van der Waals surface area contributed by atoms with Gasteiger partial charge in [0.1, 0.15) is 0 Å². The molecule has 0 saturated heterocycles. The number of hydrogen-bond acceptors (Lipinski definition) is 1. The van der Waals surface area contributed by atoms with Gasteiger partial charge in [-0.2, -0.15) is 87.8 Å². The van der Waals surface area contributed by atoms with Crippen molar-refractivity contribution in [3.05, 3.63) is 0 Å². The minimum absolute atomic E-state index is 4.54. The average Bonchev–Trinajstić information content (AvgIpc) is 2.64. The van der Waals surface area contributed by atoms with Crippen LogP contribution in [0.4, 0.5) is 96.6 Å². The molecular formula is C12F22S. The molecule has 0 aliphatic heterocycles. The van der Waals surface area contributed by atoms with E-state index in [1.807, 2.05) is 0 Å². The lowest BCUT2D eigenvalue weighted by Crippen LogP contribution is -2.86. The van der Waals surface area contributed by atoms with Crippen molar-refractivity contribution in [3.8, 4) is 0 Å². The van der Waals surface area contributed by atoms with Gasteiger partial charge in [0.25, 0.3) is 10.0 Å². The van der Waals surface area contributed by atoms with Crippen LogP contribution in [0.2, 0.25) is 0 Å². The quantitative estimate of drug-likeness (QED) is 0.300. The van der Waals surface area contributed by atoms with E-state index < -0.39 is 81.0 Å². The van der Waals surface area contributed by atoms with Gasteiger partial charge in [0.15, 0.2) is 0 Å². The second kappa shape index (κ2) is 6.44. The Morgan fingerprint density at radius 3 is 0.457 bits per heavy atom. The molecule has 0 aromatic rings. The summed E-state index contributed by atoms with van der Waals surface area (Å²) in [5, 5.41) is -16.7. The van der Waals surface area contributed by atoms with E-state index in [0.29, 0.717) is 0 Å². The minimum Gasteiger partial charge on any atom is -0.218 e. The molecule has 2 aliphatic carbocycles. The predicted molar refractivity (Wildman–Crippen MR) is 64.7 cm³/mol. The van der Waals surface area contributed by atoms with Crippen LogP contribution < -0.4 is 0 Å². The summed E-state index contributed by atoms with van der Waals surface area (Å²) in [5.74, 6) is -83.2. The maximum atomic E-state index is 14.5. The third-order valence-corrected chi connectivity index (χ3v) is 6.64. The Morgan fingerprint density at radius 2 is 0.314 bits per heavy atom. The standard InChI is InChI=1S/C12F22S/c13-1(14)3(17,18)7(25,26)11(33,8(27,28)4(1,19)20)35-12(34)9(29,30)5(21,22)2(15,16)6(23,24)10(12,31)32. The summed E-state index contributed by atoms with van der Waals surface area (Å²) in [4.78, 5) is 0. The van der Waals surface area contributed by atoms with Crippen LogP contribution in [-0.2, 0) is 0 Å². The van der Waals surface area contributed by atoms with E-state index in [1.54, 1.807) is 0 Å². The van der Waals surface area contributed by atoms with Gasteiger partial charge in [-0.3, -0.25) is 0 Å². The van der Waals surface area contributed by atoms with Crippen LogP contribution in [0.25, 0.3) is 0 Å². The van der Waals surface area contributed by atoms with Gasteiger partial charge in [0.2, 0.25) is 0 Å². The van der Waals surface area contributed by atoms with Crippen LogP contribution in [0, 0.1) is 0 Å². The Balaban J connectivity index is 3.01. The molecule has 0 atom stereocenters. The maximum Gasteiger partial charge on any atom is 0.384 e. The van der Waals surface area contributed by atoms with Gasteiger partial charge in [-0.1, -0.05) is 11.8 Å². The van der Waals surface area contributed by atoms with Crippen molar-refractivity contribution >= 4 is 11.8 Å². The molecule has 0 aromatic heterocycles. The van der Waals surface area contributed by atoms with E-state index in [1.165, 1.54) is 0 Å². The van der Waals surface area contributed by atoms with Crippen molar-refractivity contribution in [1.29, 1.82) is 0 Å². The first kappa shape index (κ1) is 30.0. The molecular weight excluding hydrogens is 594 g/mol. The van der Waals surface area contributed by atoms with Crippen LogP contribution in [0.3, 0.4) is 0 Å². The first-order valence-electron chi connectivity index (χ1n) is 7.57. The van der Waals surface area contributed by atoms with Crippen LogP contribution >= 0.6 is 11.8 Å². The van der Waals surface area contributed by atoms with Gasteiger partial charge in [-0.15, -0.1) is 0 Å². The zero-order chi connectivity index (χ0) is 28.7. The van der Waals surface area contributed by atoms with E-state index in [-0.39, 0.29) is 0 Å². The van der Waals surface area contributed by atoms with Crippen molar-refractivity contribution in [1.82, 2.24) is 0 Å². The van der Waals surface area contributed by atoms with Crippen LogP contribution in [0.1, 0.15) is 0 Å². The molecule has 0 N–H and O–H groups in total. The van der Waals surface area contributed by atoms with Gasteiger partial charge in [-0.25, -0.2) is 8.78 Å². The molecule has 0 heterocycles. The molecule has 2 fully saturated rings. The molecule has 0 nitrogen and oxygen atoms in total. The Bertz CT molecular complexity index is 766. The highest BCUT2D eigenvalue weighted by atomic mass is 32.2. The van der Waals surface area contributed by atoms with E-state index in [0.717, 1.165) is 0 Å². The monoisotopic (exact) mass is 594 g/mol. The Morgan fingerprint density at radius 1 is 0.200 bits per heavy atom. The number of thioether (sulfide) groups is 1. The average molecular weight is 594 g/mol. The topological polar surface area (TPSA) is 0 Å². The zero-order valence-corrected chi connectivity index (χ0v) is 15.5. The predicted octanol–water partition coefficient (Wildman–Crippen LogP) is 7.43.